The summed E-state index contributed by atoms with van der Waals surface area (Å²) in [6.45, 7) is 13.1. The number of aliphatic hydroxyl groups is 1. The smallest absolute Gasteiger partial charge is 0.0958 e. The Morgan fingerprint density at radius 3 is 2.24 bits per heavy atom. The van der Waals surface area contributed by atoms with Gasteiger partial charge in [-0.2, -0.15) is 0 Å². The minimum absolute atomic E-state index is 0.0715. The molecule has 0 aliphatic heterocycles. The highest BCUT2D eigenvalue weighted by Crippen LogP contribution is 2.34. The largest absolute Gasteiger partial charge is 0.387 e. The molecular formula is C17H25NOS2. The van der Waals surface area contributed by atoms with Crippen LogP contribution in [-0.2, 0) is 17.3 Å². The van der Waals surface area contributed by atoms with Gasteiger partial charge in [-0.15, -0.1) is 22.7 Å². The highest BCUT2D eigenvalue weighted by molar-refractivity contribution is 7.12. The fraction of sp³-hybridized carbons (Fsp3) is 0.588. The molecule has 0 radical (unpaired) electrons. The Kier molecular flexibility index (Phi) is 4.62. The molecule has 0 saturated carbocycles. The molecule has 0 saturated heterocycles. The van der Waals surface area contributed by atoms with E-state index in [1.54, 1.807) is 22.7 Å². The van der Waals surface area contributed by atoms with E-state index in [9.17, 15) is 5.11 Å². The summed E-state index contributed by atoms with van der Waals surface area (Å²) < 4.78 is 0. The van der Waals surface area contributed by atoms with Crippen LogP contribution in [-0.4, -0.2) is 10.1 Å². The molecule has 2 aromatic rings. The second-order valence-electron chi connectivity index (χ2n) is 7.55. The van der Waals surface area contributed by atoms with Crippen LogP contribution in [0.1, 0.15) is 68.1 Å². The molecule has 0 aliphatic rings. The SMILES string of the molecule is CC(C)(C)c1csc(CC(O)c2ccc(C(C)(C)C)s2)n1. The van der Waals surface area contributed by atoms with Gasteiger partial charge in [0.1, 0.15) is 0 Å². The first-order valence-electron chi connectivity index (χ1n) is 7.30. The van der Waals surface area contributed by atoms with Gasteiger partial charge in [0, 0.05) is 27.0 Å². The summed E-state index contributed by atoms with van der Waals surface area (Å²) in [5.74, 6) is 0. The number of nitrogens with zero attached hydrogens (tertiary/aromatic N) is 1. The minimum Gasteiger partial charge on any atom is -0.387 e. The van der Waals surface area contributed by atoms with E-state index in [-0.39, 0.29) is 10.8 Å². The van der Waals surface area contributed by atoms with E-state index in [1.807, 2.05) is 6.07 Å². The average molecular weight is 324 g/mol. The van der Waals surface area contributed by atoms with E-state index < -0.39 is 6.10 Å². The third-order valence-corrected chi connectivity index (χ3v) is 5.87. The molecule has 0 aliphatic carbocycles. The van der Waals surface area contributed by atoms with Crippen molar-refractivity contribution in [3.8, 4) is 0 Å². The molecular weight excluding hydrogens is 298 g/mol. The number of aromatic nitrogens is 1. The van der Waals surface area contributed by atoms with Gasteiger partial charge in [-0.25, -0.2) is 4.98 Å². The van der Waals surface area contributed by atoms with Crippen molar-refractivity contribution in [1.29, 1.82) is 0 Å². The predicted molar refractivity (Wildman–Crippen MR) is 92.5 cm³/mol. The monoisotopic (exact) mass is 323 g/mol. The van der Waals surface area contributed by atoms with Gasteiger partial charge in [0.05, 0.1) is 16.8 Å². The summed E-state index contributed by atoms with van der Waals surface area (Å²) in [5, 5.41) is 13.6. The Morgan fingerprint density at radius 2 is 1.76 bits per heavy atom. The lowest BCUT2D eigenvalue weighted by Crippen LogP contribution is -2.11. The van der Waals surface area contributed by atoms with Crippen molar-refractivity contribution in [2.75, 3.05) is 0 Å². The Morgan fingerprint density at radius 1 is 1.10 bits per heavy atom. The number of rotatable bonds is 3. The summed E-state index contributed by atoms with van der Waals surface area (Å²) in [6.07, 6.45) is 0.148. The molecule has 2 nitrogen and oxygen atoms in total. The number of aliphatic hydroxyl groups excluding tert-OH is 1. The molecule has 0 spiro atoms. The van der Waals surface area contributed by atoms with Crippen molar-refractivity contribution in [2.45, 2.75) is 64.9 Å². The summed E-state index contributed by atoms with van der Waals surface area (Å²) in [5.41, 5.74) is 1.32. The lowest BCUT2D eigenvalue weighted by Gasteiger charge is -2.15. The first-order chi connectivity index (χ1) is 9.57. The third kappa shape index (κ3) is 4.15. The Labute approximate surface area is 135 Å². The van der Waals surface area contributed by atoms with E-state index in [2.05, 4.69) is 58.0 Å². The third-order valence-electron chi connectivity index (χ3n) is 3.38. The lowest BCUT2D eigenvalue weighted by atomic mass is 9.93. The molecule has 2 heterocycles. The van der Waals surface area contributed by atoms with Crippen LogP contribution in [0.4, 0.5) is 0 Å². The van der Waals surface area contributed by atoms with Crippen molar-refractivity contribution >= 4 is 22.7 Å². The van der Waals surface area contributed by atoms with Gasteiger partial charge in [0.15, 0.2) is 0 Å². The normalized spacial score (nSPS) is 14.4. The van der Waals surface area contributed by atoms with Gasteiger partial charge >= 0.3 is 0 Å². The molecule has 0 fully saturated rings. The van der Waals surface area contributed by atoms with Crippen LogP contribution >= 0.6 is 22.7 Å². The molecule has 0 amide bonds. The molecule has 1 atom stereocenters. The Bertz CT molecular complexity index is 599. The van der Waals surface area contributed by atoms with Gasteiger partial charge in [0.25, 0.3) is 0 Å². The van der Waals surface area contributed by atoms with Gasteiger partial charge < -0.3 is 5.11 Å². The minimum atomic E-state index is -0.454. The number of hydrogen-bond acceptors (Lipinski definition) is 4. The highest BCUT2D eigenvalue weighted by Gasteiger charge is 2.21. The lowest BCUT2D eigenvalue weighted by molar-refractivity contribution is 0.182. The topological polar surface area (TPSA) is 33.1 Å². The van der Waals surface area contributed by atoms with E-state index in [4.69, 9.17) is 0 Å². The van der Waals surface area contributed by atoms with Crippen molar-refractivity contribution in [2.24, 2.45) is 0 Å². The van der Waals surface area contributed by atoms with Crippen molar-refractivity contribution in [3.05, 3.63) is 38.0 Å². The van der Waals surface area contributed by atoms with E-state index in [0.29, 0.717) is 6.42 Å². The molecule has 1 N–H and O–H groups in total. The van der Waals surface area contributed by atoms with Crippen LogP contribution in [0.5, 0.6) is 0 Å². The standard InChI is InChI=1S/C17H25NOS2/c1-16(2,3)13-10-20-15(18-13)9-11(19)12-7-8-14(21-12)17(4,5)6/h7-8,10-11,19H,9H2,1-6H3. The molecule has 1 unspecified atom stereocenters. The van der Waals surface area contributed by atoms with E-state index in [1.165, 1.54) is 4.88 Å². The fourth-order valence-electron chi connectivity index (χ4n) is 1.95. The van der Waals surface area contributed by atoms with Crippen LogP contribution < -0.4 is 0 Å². The second kappa shape index (κ2) is 5.82. The molecule has 0 aromatic carbocycles. The van der Waals surface area contributed by atoms with Gasteiger partial charge in [-0.05, 0) is 17.5 Å². The maximum absolute atomic E-state index is 10.4. The van der Waals surface area contributed by atoms with E-state index in [0.717, 1.165) is 15.6 Å². The maximum Gasteiger partial charge on any atom is 0.0958 e. The van der Waals surface area contributed by atoms with Gasteiger partial charge in [-0.1, -0.05) is 41.5 Å². The van der Waals surface area contributed by atoms with Crippen LogP contribution in [0.3, 0.4) is 0 Å². The molecule has 0 bridgehead atoms. The quantitative estimate of drug-likeness (QED) is 0.855. The molecule has 4 heteroatoms. The van der Waals surface area contributed by atoms with Crippen molar-refractivity contribution < 1.29 is 5.11 Å². The first kappa shape index (κ1) is 16.7. The van der Waals surface area contributed by atoms with Crippen LogP contribution in [0.25, 0.3) is 0 Å². The van der Waals surface area contributed by atoms with Crippen molar-refractivity contribution in [1.82, 2.24) is 4.98 Å². The predicted octanol–water partition coefficient (Wildman–Crippen LogP) is 5.08. The van der Waals surface area contributed by atoms with Gasteiger partial charge in [-0.3, -0.25) is 0 Å². The van der Waals surface area contributed by atoms with Crippen molar-refractivity contribution in [3.63, 3.8) is 0 Å². The average Bonchev–Trinajstić information content (AvgIpc) is 2.94. The fourth-order valence-corrected chi connectivity index (χ4v) is 4.06. The zero-order valence-corrected chi connectivity index (χ0v) is 15.4. The van der Waals surface area contributed by atoms with Gasteiger partial charge in [0.2, 0.25) is 0 Å². The highest BCUT2D eigenvalue weighted by atomic mass is 32.1. The molecule has 116 valence electrons. The zero-order valence-electron chi connectivity index (χ0n) is 13.7. The molecule has 21 heavy (non-hydrogen) atoms. The number of hydrogen-bond donors (Lipinski definition) is 1. The summed E-state index contributed by atoms with van der Waals surface area (Å²) in [7, 11) is 0. The number of thiophene rings is 1. The Balaban J connectivity index is 2.09. The summed E-state index contributed by atoms with van der Waals surface area (Å²) >= 11 is 3.35. The first-order valence-corrected chi connectivity index (χ1v) is 9.00. The van der Waals surface area contributed by atoms with E-state index >= 15 is 0 Å². The zero-order chi connectivity index (χ0) is 15.8. The van der Waals surface area contributed by atoms with Crippen LogP contribution in [0.15, 0.2) is 17.5 Å². The number of thiazole rings is 1. The second-order valence-corrected chi connectivity index (χ2v) is 9.61. The summed E-state index contributed by atoms with van der Waals surface area (Å²) in [6, 6.07) is 4.18. The van der Waals surface area contributed by atoms with Crippen LogP contribution in [0.2, 0.25) is 0 Å². The molecule has 2 aromatic heterocycles. The summed E-state index contributed by atoms with van der Waals surface area (Å²) in [4.78, 5) is 7.01. The maximum atomic E-state index is 10.4. The Hall–Kier alpha value is -0.710. The van der Waals surface area contributed by atoms with Crippen LogP contribution in [0, 0.1) is 0 Å². The molecule has 2 rings (SSSR count).